The molecule has 0 fully saturated rings. The third-order valence-electron chi connectivity index (χ3n) is 4.93. The average Bonchev–Trinajstić information content (AvgIpc) is 2.83. The number of aryl methyl sites for hydroxylation is 1. The number of nitrogens with two attached hydrogens (primary N) is 1. The maximum absolute atomic E-state index is 6.26. The van der Waals surface area contributed by atoms with Gasteiger partial charge in [0.2, 0.25) is 0 Å². The van der Waals surface area contributed by atoms with Crippen molar-refractivity contribution < 1.29 is 0 Å². The second-order valence-electron chi connectivity index (χ2n) is 6.44. The van der Waals surface area contributed by atoms with E-state index in [2.05, 4.69) is 54.8 Å². The first kappa shape index (κ1) is 14.4. The molecule has 0 amide bonds. The molecule has 1 aromatic carbocycles. The maximum Gasteiger partial charge on any atom is 0.0313 e. The second kappa shape index (κ2) is 6.07. The molecule has 0 radical (unpaired) electrons. The fourth-order valence-corrected chi connectivity index (χ4v) is 3.58. The first-order chi connectivity index (χ1) is 10.2. The van der Waals surface area contributed by atoms with E-state index in [9.17, 15) is 0 Å². The summed E-state index contributed by atoms with van der Waals surface area (Å²) in [6, 6.07) is 13.4. The molecule has 0 saturated carbocycles. The Labute approximate surface area is 128 Å². The minimum Gasteiger partial charge on any atom is -0.349 e. The van der Waals surface area contributed by atoms with Crippen LogP contribution in [0, 0.1) is 6.92 Å². The fourth-order valence-electron chi connectivity index (χ4n) is 3.58. The van der Waals surface area contributed by atoms with Crippen molar-refractivity contribution in [2.24, 2.45) is 5.73 Å². The van der Waals surface area contributed by atoms with Gasteiger partial charge in [-0.2, -0.15) is 0 Å². The first-order valence-corrected chi connectivity index (χ1v) is 8.16. The number of fused-ring (bicyclic) bond motifs is 1. The van der Waals surface area contributed by atoms with Crippen LogP contribution in [0.5, 0.6) is 0 Å². The monoisotopic (exact) mass is 282 g/mol. The summed E-state index contributed by atoms with van der Waals surface area (Å²) in [7, 11) is 0. The number of nitrogens with zero attached hydrogens (tertiary/aromatic N) is 1. The largest absolute Gasteiger partial charge is 0.349 e. The van der Waals surface area contributed by atoms with E-state index in [0.29, 0.717) is 5.92 Å². The van der Waals surface area contributed by atoms with Gasteiger partial charge in [-0.15, -0.1) is 0 Å². The summed E-state index contributed by atoms with van der Waals surface area (Å²) >= 11 is 0. The van der Waals surface area contributed by atoms with Crippen molar-refractivity contribution in [1.29, 1.82) is 0 Å². The third kappa shape index (κ3) is 2.91. The summed E-state index contributed by atoms with van der Waals surface area (Å²) in [6.07, 6.45) is 4.74. The molecule has 1 aliphatic carbocycles. The smallest absolute Gasteiger partial charge is 0.0313 e. The van der Waals surface area contributed by atoms with Gasteiger partial charge in [0, 0.05) is 24.0 Å². The quantitative estimate of drug-likeness (QED) is 0.889. The summed E-state index contributed by atoms with van der Waals surface area (Å²) in [5.41, 5.74) is 12.0. The fraction of sp³-hybridized carbons (Fsp3) is 0.474. The number of aromatic nitrogens is 1. The zero-order valence-electron chi connectivity index (χ0n) is 13.2. The van der Waals surface area contributed by atoms with E-state index in [0.717, 1.165) is 13.0 Å². The van der Waals surface area contributed by atoms with Crippen LogP contribution in [0.2, 0.25) is 0 Å². The van der Waals surface area contributed by atoms with Gasteiger partial charge in [0.15, 0.2) is 0 Å². The molecule has 0 bridgehead atoms. The molecular weight excluding hydrogens is 256 g/mol. The highest BCUT2D eigenvalue weighted by Crippen LogP contribution is 2.31. The molecule has 2 nitrogen and oxygen atoms in total. The Bertz CT molecular complexity index is 598. The normalized spacial score (nSPS) is 19.3. The van der Waals surface area contributed by atoms with E-state index < -0.39 is 0 Å². The summed E-state index contributed by atoms with van der Waals surface area (Å²) in [5.74, 6) is 0.598. The van der Waals surface area contributed by atoms with Crippen LogP contribution in [0.4, 0.5) is 0 Å². The highest BCUT2D eigenvalue weighted by molar-refractivity contribution is 5.32. The molecule has 2 N–H and O–H groups in total. The van der Waals surface area contributed by atoms with E-state index in [1.54, 1.807) is 0 Å². The number of rotatable bonds is 4. The van der Waals surface area contributed by atoms with Crippen LogP contribution in [0.1, 0.15) is 60.7 Å². The van der Waals surface area contributed by atoms with Crippen LogP contribution in [0.3, 0.4) is 0 Å². The second-order valence-corrected chi connectivity index (χ2v) is 6.44. The topological polar surface area (TPSA) is 30.9 Å². The maximum atomic E-state index is 6.26. The van der Waals surface area contributed by atoms with Gasteiger partial charge in [0.1, 0.15) is 0 Å². The van der Waals surface area contributed by atoms with Gasteiger partial charge >= 0.3 is 0 Å². The third-order valence-corrected chi connectivity index (χ3v) is 4.93. The number of hydrogen-bond acceptors (Lipinski definition) is 1. The van der Waals surface area contributed by atoms with Crippen LogP contribution in [-0.4, -0.2) is 4.57 Å². The van der Waals surface area contributed by atoms with Crippen molar-refractivity contribution in [2.75, 3.05) is 0 Å². The van der Waals surface area contributed by atoms with E-state index >= 15 is 0 Å². The van der Waals surface area contributed by atoms with Crippen molar-refractivity contribution >= 4 is 0 Å². The Hall–Kier alpha value is -1.54. The Morgan fingerprint density at radius 1 is 1.29 bits per heavy atom. The molecule has 2 aromatic rings. The first-order valence-electron chi connectivity index (χ1n) is 8.16. The molecule has 1 aliphatic rings. The van der Waals surface area contributed by atoms with E-state index in [4.69, 9.17) is 5.73 Å². The lowest BCUT2D eigenvalue weighted by Gasteiger charge is -2.22. The Morgan fingerprint density at radius 2 is 2.05 bits per heavy atom. The molecule has 2 unspecified atom stereocenters. The molecule has 112 valence electrons. The van der Waals surface area contributed by atoms with Gasteiger partial charge < -0.3 is 10.3 Å². The number of hydrogen-bond donors (Lipinski definition) is 1. The van der Waals surface area contributed by atoms with Crippen molar-refractivity contribution in [3.05, 3.63) is 58.9 Å². The average molecular weight is 282 g/mol. The molecular formula is C19H26N2. The Kier molecular flexibility index (Phi) is 4.16. The predicted octanol–water partition coefficient (Wildman–Crippen LogP) is 4.33. The Balaban J connectivity index is 1.74. The van der Waals surface area contributed by atoms with Crippen LogP contribution < -0.4 is 5.73 Å². The van der Waals surface area contributed by atoms with Crippen LogP contribution >= 0.6 is 0 Å². The molecule has 2 atom stereocenters. The molecule has 1 aromatic heterocycles. The molecule has 3 rings (SSSR count). The van der Waals surface area contributed by atoms with E-state index in [-0.39, 0.29) is 6.04 Å². The van der Waals surface area contributed by atoms with Gasteiger partial charge in [-0.1, -0.05) is 37.3 Å². The predicted molar refractivity (Wildman–Crippen MR) is 88.5 cm³/mol. The molecule has 0 spiro atoms. The summed E-state index contributed by atoms with van der Waals surface area (Å²) < 4.78 is 2.51. The van der Waals surface area contributed by atoms with E-state index in [1.807, 2.05) is 0 Å². The van der Waals surface area contributed by atoms with Gasteiger partial charge in [-0.3, -0.25) is 0 Å². The highest BCUT2D eigenvalue weighted by atomic mass is 15.0. The van der Waals surface area contributed by atoms with Gasteiger partial charge in [0.25, 0.3) is 0 Å². The highest BCUT2D eigenvalue weighted by Gasteiger charge is 2.22. The van der Waals surface area contributed by atoms with Crippen molar-refractivity contribution in [3.63, 3.8) is 0 Å². The SMILES string of the molecule is Cc1cc2c(n1CCC(C)c1ccccc1)CCCC2N. The molecule has 0 saturated heterocycles. The molecule has 0 aliphatic heterocycles. The number of benzene rings is 1. The lowest BCUT2D eigenvalue weighted by atomic mass is 9.93. The summed E-state index contributed by atoms with van der Waals surface area (Å²) in [5, 5.41) is 0. The zero-order valence-corrected chi connectivity index (χ0v) is 13.2. The zero-order chi connectivity index (χ0) is 14.8. The molecule has 2 heteroatoms. The van der Waals surface area contributed by atoms with E-state index in [1.165, 1.54) is 41.8 Å². The Morgan fingerprint density at radius 3 is 2.81 bits per heavy atom. The molecule has 1 heterocycles. The minimum atomic E-state index is 0.250. The van der Waals surface area contributed by atoms with Crippen LogP contribution in [0.25, 0.3) is 0 Å². The van der Waals surface area contributed by atoms with Crippen molar-refractivity contribution in [1.82, 2.24) is 4.57 Å². The standard InChI is InChI=1S/C19H26N2/c1-14(16-7-4-3-5-8-16)11-12-21-15(2)13-17-18(20)9-6-10-19(17)21/h3-5,7-8,13-14,18H,6,9-12,20H2,1-2H3. The van der Waals surface area contributed by atoms with Crippen molar-refractivity contribution in [3.8, 4) is 0 Å². The lowest BCUT2D eigenvalue weighted by Crippen LogP contribution is -2.18. The van der Waals surface area contributed by atoms with Gasteiger partial charge in [0.05, 0.1) is 0 Å². The van der Waals surface area contributed by atoms with Gasteiger partial charge in [-0.05, 0) is 55.7 Å². The summed E-state index contributed by atoms with van der Waals surface area (Å²) in [6.45, 7) is 5.65. The van der Waals surface area contributed by atoms with Crippen molar-refractivity contribution in [2.45, 2.75) is 58.0 Å². The van der Waals surface area contributed by atoms with Gasteiger partial charge in [-0.25, -0.2) is 0 Å². The van der Waals surface area contributed by atoms with Crippen LogP contribution in [0.15, 0.2) is 36.4 Å². The van der Waals surface area contributed by atoms with Crippen LogP contribution in [-0.2, 0) is 13.0 Å². The summed E-state index contributed by atoms with van der Waals surface area (Å²) in [4.78, 5) is 0. The molecule has 21 heavy (non-hydrogen) atoms. The minimum absolute atomic E-state index is 0.250. The lowest BCUT2D eigenvalue weighted by molar-refractivity contribution is 0.512.